The summed E-state index contributed by atoms with van der Waals surface area (Å²) in [6, 6.07) is 2.79. The van der Waals surface area contributed by atoms with Gasteiger partial charge in [0.05, 0.1) is 7.11 Å². The average Bonchev–Trinajstić information content (AvgIpc) is 2.61. The first-order chi connectivity index (χ1) is 12.0. The van der Waals surface area contributed by atoms with Crippen molar-refractivity contribution in [2.75, 3.05) is 13.7 Å². The summed E-state index contributed by atoms with van der Waals surface area (Å²) in [5, 5.41) is 5.24. The van der Waals surface area contributed by atoms with Crippen molar-refractivity contribution >= 4 is 17.9 Å². The molecule has 1 heterocycles. The topological polar surface area (TPSA) is 133 Å². The first kappa shape index (κ1) is 18.5. The van der Waals surface area contributed by atoms with Crippen LogP contribution in [0.3, 0.4) is 0 Å². The molecule has 1 aliphatic carbocycles. The van der Waals surface area contributed by atoms with Crippen LogP contribution in [0, 0.1) is 0 Å². The Balaban J connectivity index is 1.77. The molecule has 3 amide bonds. The standard InChI is InChI=1S/C16H22N4O5/c1-24-13(21)9-19-16(23)20-10-4-6-11(7-5-10)25-15-12(14(17)22)3-2-8-18-15/h2-3,8,10-11H,4-7,9H2,1H3,(H2,17,22)(H2,19,20,23)/t10-,11-. The number of aromatic nitrogens is 1. The molecule has 0 saturated heterocycles. The van der Waals surface area contributed by atoms with Gasteiger partial charge in [0, 0.05) is 12.2 Å². The molecule has 1 fully saturated rings. The van der Waals surface area contributed by atoms with E-state index in [1.807, 2.05) is 0 Å². The Bertz CT molecular complexity index is 629. The van der Waals surface area contributed by atoms with Gasteiger partial charge in [0.1, 0.15) is 18.2 Å². The van der Waals surface area contributed by atoms with Crippen molar-refractivity contribution in [1.82, 2.24) is 15.6 Å². The van der Waals surface area contributed by atoms with E-state index in [1.165, 1.54) is 7.11 Å². The zero-order chi connectivity index (χ0) is 18.2. The highest BCUT2D eigenvalue weighted by atomic mass is 16.5. The Morgan fingerprint density at radius 3 is 2.64 bits per heavy atom. The molecule has 0 aromatic carbocycles. The molecular weight excluding hydrogens is 328 g/mol. The molecule has 1 aliphatic rings. The van der Waals surface area contributed by atoms with Crippen LogP contribution in [0.2, 0.25) is 0 Å². The van der Waals surface area contributed by atoms with Crippen molar-refractivity contribution in [2.24, 2.45) is 5.73 Å². The minimum atomic E-state index is -0.583. The first-order valence-electron chi connectivity index (χ1n) is 8.02. The van der Waals surface area contributed by atoms with E-state index in [9.17, 15) is 14.4 Å². The second-order valence-electron chi connectivity index (χ2n) is 5.71. The van der Waals surface area contributed by atoms with E-state index >= 15 is 0 Å². The van der Waals surface area contributed by atoms with Crippen molar-refractivity contribution in [3.8, 4) is 5.88 Å². The number of esters is 1. The second-order valence-corrected chi connectivity index (χ2v) is 5.71. The number of primary amides is 1. The number of nitrogens with two attached hydrogens (primary N) is 1. The fourth-order valence-electron chi connectivity index (χ4n) is 2.62. The summed E-state index contributed by atoms with van der Waals surface area (Å²) in [4.78, 5) is 38.1. The van der Waals surface area contributed by atoms with Gasteiger partial charge >= 0.3 is 12.0 Å². The molecule has 0 spiro atoms. The maximum absolute atomic E-state index is 11.7. The van der Waals surface area contributed by atoms with E-state index in [2.05, 4.69) is 20.4 Å². The van der Waals surface area contributed by atoms with Gasteiger partial charge in [0.15, 0.2) is 0 Å². The lowest BCUT2D eigenvalue weighted by molar-refractivity contribution is -0.139. The predicted octanol–water partition coefficient (Wildman–Crippen LogP) is 0.343. The molecule has 0 bridgehead atoms. The SMILES string of the molecule is COC(=O)CNC(=O)N[C@H]1CC[C@H](Oc2ncccc2C(N)=O)CC1. The number of nitrogens with one attached hydrogen (secondary N) is 2. The first-order valence-corrected chi connectivity index (χ1v) is 8.02. The minimum Gasteiger partial charge on any atom is -0.474 e. The van der Waals surface area contributed by atoms with Gasteiger partial charge in [0.25, 0.3) is 5.91 Å². The van der Waals surface area contributed by atoms with Crippen molar-refractivity contribution < 1.29 is 23.9 Å². The fraction of sp³-hybridized carbons (Fsp3) is 0.500. The van der Waals surface area contributed by atoms with E-state index in [0.29, 0.717) is 12.8 Å². The molecule has 2 rings (SSSR count). The summed E-state index contributed by atoms with van der Waals surface area (Å²) >= 11 is 0. The molecule has 1 aromatic rings. The summed E-state index contributed by atoms with van der Waals surface area (Å²) < 4.78 is 10.2. The number of carbonyl (C=O) groups is 3. The van der Waals surface area contributed by atoms with Crippen LogP contribution in [-0.2, 0) is 9.53 Å². The van der Waals surface area contributed by atoms with E-state index in [0.717, 1.165) is 12.8 Å². The number of hydrogen-bond acceptors (Lipinski definition) is 6. The third-order valence-electron chi connectivity index (χ3n) is 3.95. The lowest BCUT2D eigenvalue weighted by atomic mass is 9.93. The number of rotatable bonds is 6. The van der Waals surface area contributed by atoms with Crippen molar-refractivity contribution in [3.05, 3.63) is 23.9 Å². The number of ether oxygens (including phenoxy) is 2. The van der Waals surface area contributed by atoms with Crippen molar-refractivity contribution in [2.45, 2.75) is 37.8 Å². The van der Waals surface area contributed by atoms with E-state index in [4.69, 9.17) is 10.5 Å². The lowest BCUT2D eigenvalue weighted by Crippen LogP contribution is -2.46. The number of urea groups is 1. The predicted molar refractivity (Wildman–Crippen MR) is 88.0 cm³/mol. The van der Waals surface area contributed by atoms with Gasteiger partial charge in [-0.2, -0.15) is 0 Å². The summed E-state index contributed by atoms with van der Waals surface area (Å²) in [6.45, 7) is -0.170. The quantitative estimate of drug-likeness (QED) is 0.634. The van der Waals surface area contributed by atoms with E-state index in [-0.39, 0.29) is 30.1 Å². The van der Waals surface area contributed by atoms with E-state index < -0.39 is 17.9 Å². The van der Waals surface area contributed by atoms with Crippen LogP contribution in [0.1, 0.15) is 36.0 Å². The average molecular weight is 350 g/mol. The molecule has 0 unspecified atom stereocenters. The summed E-state index contributed by atoms with van der Waals surface area (Å²) in [7, 11) is 1.26. The summed E-state index contributed by atoms with van der Waals surface area (Å²) in [5.41, 5.74) is 5.56. The van der Waals surface area contributed by atoms with Gasteiger partial charge in [-0.25, -0.2) is 9.78 Å². The Morgan fingerprint density at radius 2 is 2.00 bits per heavy atom. The molecule has 25 heavy (non-hydrogen) atoms. The number of pyridine rings is 1. The Hall–Kier alpha value is -2.84. The Morgan fingerprint density at radius 1 is 1.28 bits per heavy atom. The normalized spacial score (nSPS) is 19.6. The number of hydrogen-bond donors (Lipinski definition) is 3. The zero-order valence-electron chi connectivity index (χ0n) is 14.0. The van der Waals surface area contributed by atoms with Gasteiger partial charge in [-0.3, -0.25) is 9.59 Å². The molecule has 1 saturated carbocycles. The highest BCUT2D eigenvalue weighted by Crippen LogP contribution is 2.24. The summed E-state index contributed by atoms with van der Waals surface area (Å²) in [6.07, 6.45) is 4.29. The number of carbonyl (C=O) groups excluding carboxylic acids is 3. The molecule has 0 radical (unpaired) electrons. The van der Waals surface area contributed by atoms with Gasteiger partial charge < -0.3 is 25.8 Å². The minimum absolute atomic E-state index is 0.00293. The van der Waals surface area contributed by atoms with Crippen LogP contribution in [0.4, 0.5) is 4.79 Å². The van der Waals surface area contributed by atoms with Crippen LogP contribution in [-0.4, -0.2) is 48.7 Å². The maximum Gasteiger partial charge on any atom is 0.325 e. The fourth-order valence-corrected chi connectivity index (χ4v) is 2.62. The molecule has 0 aliphatic heterocycles. The Kier molecular flexibility index (Phi) is 6.55. The lowest BCUT2D eigenvalue weighted by Gasteiger charge is -2.29. The van der Waals surface area contributed by atoms with Crippen LogP contribution in [0.15, 0.2) is 18.3 Å². The molecular formula is C16H22N4O5. The van der Waals surface area contributed by atoms with Crippen LogP contribution >= 0.6 is 0 Å². The highest BCUT2D eigenvalue weighted by Gasteiger charge is 2.25. The van der Waals surface area contributed by atoms with Gasteiger partial charge in [-0.05, 0) is 37.8 Å². The van der Waals surface area contributed by atoms with E-state index in [1.54, 1.807) is 18.3 Å². The van der Waals surface area contributed by atoms with Crippen molar-refractivity contribution in [3.63, 3.8) is 0 Å². The van der Waals surface area contributed by atoms with Gasteiger partial charge in [-0.1, -0.05) is 0 Å². The molecule has 1 aromatic heterocycles. The number of nitrogens with zero attached hydrogens (tertiary/aromatic N) is 1. The van der Waals surface area contributed by atoms with Gasteiger partial charge in [0.2, 0.25) is 5.88 Å². The van der Waals surface area contributed by atoms with Gasteiger partial charge in [-0.15, -0.1) is 0 Å². The molecule has 9 heteroatoms. The largest absolute Gasteiger partial charge is 0.474 e. The van der Waals surface area contributed by atoms with Crippen LogP contribution < -0.4 is 21.1 Å². The Labute approximate surface area is 145 Å². The maximum atomic E-state index is 11.7. The molecule has 9 nitrogen and oxygen atoms in total. The molecule has 136 valence electrons. The second kappa shape index (κ2) is 8.86. The summed E-state index contributed by atoms with van der Waals surface area (Å²) in [5.74, 6) is -0.851. The van der Waals surface area contributed by atoms with Crippen LogP contribution in [0.25, 0.3) is 0 Å². The van der Waals surface area contributed by atoms with Crippen molar-refractivity contribution in [1.29, 1.82) is 0 Å². The third kappa shape index (κ3) is 5.63. The zero-order valence-corrected chi connectivity index (χ0v) is 14.0. The third-order valence-corrected chi connectivity index (χ3v) is 3.95. The molecule has 0 atom stereocenters. The number of methoxy groups -OCH3 is 1. The molecule has 4 N–H and O–H groups in total. The monoisotopic (exact) mass is 350 g/mol. The number of amides is 3. The smallest absolute Gasteiger partial charge is 0.325 e. The highest BCUT2D eigenvalue weighted by molar-refractivity contribution is 5.94. The van der Waals surface area contributed by atoms with Crippen LogP contribution in [0.5, 0.6) is 5.88 Å².